The highest BCUT2D eigenvalue weighted by Crippen LogP contribution is 2.21. The van der Waals surface area contributed by atoms with Crippen molar-refractivity contribution in [3.05, 3.63) is 35.9 Å². The van der Waals surface area contributed by atoms with Gasteiger partial charge in [0.1, 0.15) is 0 Å². The van der Waals surface area contributed by atoms with E-state index in [1.54, 1.807) is 0 Å². The molecule has 0 radical (unpaired) electrons. The SMILES string of the molecule is CC(C)(C(=O)N[C@@H](CC(=O)O)c1ccccc1)N1CCOCC1. The van der Waals surface area contributed by atoms with Gasteiger partial charge in [-0.3, -0.25) is 14.5 Å². The topological polar surface area (TPSA) is 78.9 Å². The molecule has 0 spiro atoms. The van der Waals surface area contributed by atoms with Crippen LogP contribution in [0.3, 0.4) is 0 Å². The van der Waals surface area contributed by atoms with Gasteiger partial charge in [0.05, 0.1) is 31.2 Å². The Morgan fingerprint density at radius 1 is 1.26 bits per heavy atom. The zero-order valence-corrected chi connectivity index (χ0v) is 13.6. The Labute approximate surface area is 136 Å². The minimum atomic E-state index is -0.941. The molecule has 1 saturated heterocycles. The molecule has 1 aliphatic heterocycles. The molecule has 1 aromatic rings. The number of aliphatic carboxylic acids is 1. The van der Waals surface area contributed by atoms with E-state index in [9.17, 15) is 9.59 Å². The maximum absolute atomic E-state index is 12.7. The van der Waals surface area contributed by atoms with Gasteiger partial charge in [-0.2, -0.15) is 0 Å². The van der Waals surface area contributed by atoms with Crippen molar-refractivity contribution in [2.24, 2.45) is 0 Å². The first-order valence-electron chi connectivity index (χ1n) is 7.82. The maximum Gasteiger partial charge on any atom is 0.305 e. The van der Waals surface area contributed by atoms with Gasteiger partial charge >= 0.3 is 5.97 Å². The molecule has 1 aromatic carbocycles. The lowest BCUT2D eigenvalue weighted by Crippen LogP contribution is -2.58. The number of nitrogens with one attached hydrogen (secondary N) is 1. The normalized spacial score (nSPS) is 17.5. The molecule has 1 aliphatic rings. The van der Waals surface area contributed by atoms with Crippen LogP contribution in [0, 0.1) is 0 Å². The molecule has 0 aromatic heterocycles. The van der Waals surface area contributed by atoms with Crippen molar-refractivity contribution in [1.29, 1.82) is 0 Å². The summed E-state index contributed by atoms with van der Waals surface area (Å²) in [5.74, 6) is -1.11. The number of carbonyl (C=O) groups excluding carboxylic acids is 1. The van der Waals surface area contributed by atoms with Gasteiger partial charge in [0, 0.05) is 13.1 Å². The first kappa shape index (κ1) is 17.4. The minimum absolute atomic E-state index is 0.144. The third-order valence-corrected chi connectivity index (χ3v) is 4.24. The summed E-state index contributed by atoms with van der Waals surface area (Å²) in [7, 11) is 0. The number of ether oxygens (including phenoxy) is 1. The number of rotatable bonds is 6. The predicted molar refractivity (Wildman–Crippen MR) is 86.0 cm³/mol. The number of benzene rings is 1. The second-order valence-corrected chi connectivity index (χ2v) is 6.19. The molecule has 2 N–H and O–H groups in total. The number of morpholine rings is 1. The summed E-state index contributed by atoms with van der Waals surface area (Å²) < 4.78 is 5.33. The van der Waals surface area contributed by atoms with Crippen LogP contribution in [0.25, 0.3) is 0 Å². The minimum Gasteiger partial charge on any atom is -0.481 e. The number of carboxylic acids is 1. The van der Waals surface area contributed by atoms with Gasteiger partial charge in [0.15, 0.2) is 0 Å². The lowest BCUT2D eigenvalue weighted by molar-refractivity contribution is -0.139. The monoisotopic (exact) mass is 320 g/mol. The third kappa shape index (κ3) is 4.53. The molecule has 6 heteroatoms. The van der Waals surface area contributed by atoms with Crippen molar-refractivity contribution in [1.82, 2.24) is 10.2 Å². The number of hydrogen-bond donors (Lipinski definition) is 2. The van der Waals surface area contributed by atoms with Crippen LogP contribution < -0.4 is 5.32 Å². The number of carboxylic acid groups (broad SMARTS) is 1. The maximum atomic E-state index is 12.7. The van der Waals surface area contributed by atoms with Gasteiger partial charge in [-0.1, -0.05) is 30.3 Å². The highest BCUT2D eigenvalue weighted by atomic mass is 16.5. The van der Waals surface area contributed by atoms with Gasteiger partial charge in [-0.15, -0.1) is 0 Å². The molecule has 0 bridgehead atoms. The van der Waals surface area contributed by atoms with Crippen molar-refractivity contribution in [2.45, 2.75) is 31.8 Å². The van der Waals surface area contributed by atoms with Gasteiger partial charge < -0.3 is 15.2 Å². The molecule has 0 saturated carbocycles. The second kappa shape index (κ2) is 7.57. The molecule has 1 fully saturated rings. The summed E-state index contributed by atoms with van der Waals surface area (Å²) in [5, 5.41) is 12.0. The summed E-state index contributed by atoms with van der Waals surface area (Å²) in [6, 6.07) is 8.65. The Morgan fingerprint density at radius 3 is 2.43 bits per heavy atom. The van der Waals surface area contributed by atoms with E-state index < -0.39 is 17.6 Å². The Morgan fingerprint density at radius 2 is 1.87 bits per heavy atom. The summed E-state index contributed by atoms with van der Waals surface area (Å²) in [6.45, 7) is 6.31. The molecular weight excluding hydrogens is 296 g/mol. The molecule has 2 rings (SSSR count). The van der Waals surface area contributed by atoms with Crippen LogP contribution in [-0.4, -0.2) is 53.7 Å². The van der Waals surface area contributed by atoms with E-state index in [2.05, 4.69) is 10.2 Å². The molecule has 1 atom stereocenters. The standard InChI is InChI=1S/C17H24N2O4/c1-17(2,19-8-10-23-11-9-19)16(22)18-14(12-15(20)21)13-6-4-3-5-7-13/h3-7,14H,8-12H2,1-2H3,(H,18,22)(H,20,21)/t14-/m0/s1. The van der Waals surface area contributed by atoms with Crippen LogP contribution >= 0.6 is 0 Å². The Kier molecular flexibility index (Phi) is 5.74. The Bertz CT molecular complexity index is 539. The predicted octanol–water partition coefficient (Wildman–Crippen LogP) is 1.43. The zero-order valence-electron chi connectivity index (χ0n) is 13.6. The Hall–Kier alpha value is -1.92. The average Bonchev–Trinajstić information content (AvgIpc) is 2.55. The van der Waals surface area contributed by atoms with Crippen LogP contribution in [0.1, 0.15) is 31.9 Å². The molecule has 1 heterocycles. The molecule has 0 aliphatic carbocycles. The molecule has 23 heavy (non-hydrogen) atoms. The second-order valence-electron chi connectivity index (χ2n) is 6.19. The van der Waals surface area contributed by atoms with Crippen molar-refractivity contribution in [3.8, 4) is 0 Å². The molecule has 1 amide bonds. The fourth-order valence-corrected chi connectivity index (χ4v) is 2.71. The first-order chi connectivity index (χ1) is 10.9. The third-order valence-electron chi connectivity index (χ3n) is 4.24. The van der Waals surface area contributed by atoms with E-state index in [-0.39, 0.29) is 12.3 Å². The Balaban J connectivity index is 2.11. The summed E-state index contributed by atoms with van der Waals surface area (Å²) in [5.41, 5.74) is 0.0796. The largest absolute Gasteiger partial charge is 0.481 e. The molecule has 126 valence electrons. The van der Waals surface area contributed by atoms with Crippen LogP contribution in [0.15, 0.2) is 30.3 Å². The number of nitrogens with zero attached hydrogens (tertiary/aromatic N) is 1. The van der Waals surface area contributed by atoms with Gasteiger partial charge in [-0.25, -0.2) is 0 Å². The highest BCUT2D eigenvalue weighted by molar-refractivity contribution is 5.86. The van der Waals surface area contributed by atoms with Crippen LogP contribution in [-0.2, 0) is 14.3 Å². The van der Waals surface area contributed by atoms with Crippen LogP contribution in [0.2, 0.25) is 0 Å². The number of hydrogen-bond acceptors (Lipinski definition) is 4. The van der Waals surface area contributed by atoms with Gasteiger partial charge in [-0.05, 0) is 19.4 Å². The highest BCUT2D eigenvalue weighted by Gasteiger charge is 2.36. The summed E-state index contributed by atoms with van der Waals surface area (Å²) >= 11 is 0. The first-order valence-corrected chi connectivity index (χ1v) is 7.82. The average molecular weight is 320 g/mol. The van der Waals surface area contributed by atoms with Crippen molar-refractivity contribution < 1.29 is 19.4 Å². The molecule has 0 unspecified atom stereocenters. The van der Waals surface area contributed by atoms with E-state index >= 15 is 0 Å². The van der Waals surface area contributed by atoms with Crippen molar-refractivity contribution in [3.63, 3.8) is 0 Å². The summed E-state index contributed by atoms with van der Waals surface area (Å²) in [6.07, 6.45) is -0.144. The van der Waals surface area contributed by atoms with Gasteiger partial charge in [0.2, 0.25) is 5.91 Å². The quantitative estimate of drug-likeness (QED) is 0.829. The van der Waals surface area contributed by atoms with E-state index in [0.29, 0.717) is 26.3 Å². The number of carbonyl (C=O) groups is 2. The van der Waals surface area contributed by atoms with Crippen LogP contribution in [0.5, 0.6) is 0 Å². The van der Waals surface area contributed by atoms with E-state index in [0.717, 1.165) is 5.56 Å². The van der Waals surface area contributed by atoms with Crippen LogP contribution in [0.4, 0.5) is 0 Å². The zero-order chi connectivity index (χ0) is 16.9. The molecular formula is C17H24N2O4. The van der Waals surface area contributed by atoms with Gasteiger partial charge in [0.25, 0.3) is 0 Å². The van der Waals surface area contributed by atoms with E-state index in [1.807, 2.05) is 44.2 Å². The molecule has 6 nitrogen and oxygen atoms in total. The lowest BCUT2D eigenvalue weighted by Gasteiger charge is -2.40. The fraction of sp³-hybridized carbons (Fsp3) is 0.529. The number of amides is 1. The smallest absolute Gasteiger partial charge is 0.305 e. The lowest BCUT2D eigenvalue weighted by atomic mass is 9.98. The van der Waals surface area contributed by atoms with E-state index in [1.165, 1.54) is 0 Å². The van der Waals surface area contributed by atoms with Crippen molar-refractivity contribution in [2.75, 3.05) is 26.3 Å². The van der Waals surface area contributed by atoms with Crippen molar-refractivity contribution >= 4 is 11.9 Å². The van der Waals surface area contributed by atoms with E-state index in [4.69, 9.17) is 9.84 Å². The fourth-order valence-electron chi connectivity index (χ4n) is 2.71. The summed E-state index contributed by atoms with van der Waals surface area (Å²) in [4.78, 5) is 25.9.